The molecule has 0 saturated heterocycles. The predicted molar refractivity (Wildman–Crippen MR) is 75.5 cm³/mol. The molecular formula is C14H27N3O2. The quantitative estimate of drug-likeness (QED) is 0.804. The molecule has 0 aromatic heterocycles. The first-order valence-electron chi connectivity index (χ1n) is 7.15. The average Bonchev–Trinajstić information content (AvgIpc) is 2.71. The molecule has 2 amide bonds. The molecule has 5 nitrogen and oxygen atoms in total. The molecule has 5 heteroatoms. The molecule has 19 heavy (non-hydrogen) atoms. The Morgan fingerprint density at radius 2 is 1.89 bits per heavy atom. The molecule has 1 fully saturated rings. The summed E-state index contributed by atoms with van der Waals surface area (Å²) in [6.07, 6.45) is 2.69. The van der Waals surface area contributed by atoms with Crippen LogP contribution in [-0.4, -0.2) is 54.3 Å². The van der Waals surface area contributed by atoms with Crippen LogP contribution in [0, 0.1) is 5.41 Å². The SMILES string of the molecule is CCN(CC)C(=O)CN(C)C(=O)C1(C)CCCC1N. The fourth-order valence-corrected chi connectivity index (χ4v) is 2.85. The Kier molecular flexibility index (Phi) is 5.35. The van der Waals surface area contributed by atoms with E-state index in [1.54, 1.807) is 11.9 Å². The third kappa shape index (κ3) is 3.26. The number of carbonyl (C=O) groups excluding carboxylic acids is 2. The van der Waals surface area contributed by atoms with Gasteiger partial charge in [-0.1, -0.05) is 6.42 Å². The molecule has 1 saturated carbocycles. The van der Waals surface area contributed by atoms with E-state index in [2.05, 4.69) is 0 Å². The van der Waals surface area contributed by atoms with E-state index in [0.29, 0.717) is 13.1 Å². The monoisotopic (exact) mass is 269 g/mol. The molecule has 2 unspecified atom stereocenters. The summed E-state index contributed by atoms with van der Waals surface area (Å²) in [5, 5.41) is 0. The predicted octanol–water partition coefficient (Wildman–Crippen LogP) is 0.831. The molecule has 2 N–H and O–H groups in total. The summed E-state index contributed by atoms with van der Waals surface area (Å²) in [6, 6.07) is -0.0917. The first-order chi connectivity index (χ1) is 8.86. The van der Waals surface area contributed by atoms with Gasteiger partial charge in [0.2, 0.25) is 11.8 Å². The highest BCUT2D eigenvalue weighted by atomic mass is 16.2. The summed E-state index contributed by atoms with van der Waals surface area (Å²) in [4.78, 5) is 27.8. The van der Waals surface area contributed by atoms with Gasteiger partial charge in [0.05, 0.1) is 12.0 Å². The highest BCUT2D eigenvalue weighted by Crippen LogP contribution is 2.38. The van der Waals surface area contributed by atoms with Crippen LogP contribution >= 0.6 is 0 Å². The van der Waals surface area contributed by atoms with E-state index >= 15 is 0 Å². The largest absolute Gasteiger partial charge is 0.342 e. The van der Waals surface area contributed by atoms with Gasteiger partial charge in [-0.05, 0) is 33.6 Å². The van der Waals surface area contributed by atoms with Crippen LogP contribution in [0.2, 0.25) is 0 Å². The Hall–Kier alpha value is -1.10. The molecule has 0 spiro atoms. The number of hydrogen-bond donors (Lipinski definition) is 1. The van der Waals surface area contributed by atoms with Crippen molar-refractivity contribution in [1.82, 2.24) is 9.80 Å². The van der Waals surface area contributed by atoms with E-state index in [1.807, 2.05) is 20.8 Å². The molecule has 0 aliphatic heterocycles. The van der Waals surface area contributed by atoms with Crippen LogP contribution < -0.4 is 5.73 Å². The van der Waals surface area contributed by atoms with Crippen LogP contribution in [-0.2, 0) is 9.59 Å². The Bertz CT molecular complexity index is 342. The molecule has 0 heterocycles. The fourth-order valence-electron chi connectivity index (χ4n) is 2.85. The van der Waals surface area contributed by atoms with E-state index in [0.717, 1.165) is 19.3 Å². The molecule has 2 atom stereocenters. The van der Waals surface area contributed by atoms with Crippen molar-refractivity contribution in [3.05, 3.63) is 0 Å². The second-order valence-corrected chi connectivity index (χ2v) is 5.64. The average molecular weight is 269 g/mol. The Labute approximate surface area is 116 Å². The van der Waals surface area contributed by atoms with Gasteiger partial charge in [-0.2, -0.15) is 0 Å². The van der Waals surface area contributed by atoms with Crippen molar-refractivity contribution >= 4 is 11.8 Å². The molecule has 0 bridgehead atoms. The van der Waals surface area contributed by atoms with Crippen molar-refractivity contribution in [3.63, 3.8) is 0 Å². The summed E-state index contributed by atoms with van der Waals surface area (Å²) in [7, 11) is 1.69. The van der Waals surface area contributed by atoms with E-state index in [-0.39, 0.29) is 24.4 Å². The normalized spacial score (nSPS) is 26.3. The second kappa shape index (κ2) is 6.37. The first-order valence-corrected chi connectivity index (χ1v) is 7.15. The fraction of sp³-hybridized carbons (Fsp3) is 0.857. The number of hydrogen-bond acceptors (Lipinski definition) is 3. The Morgan fingerprint density at radius 1 is 1.32 bits per heavy atom. The van der Waals surface area contributed by atoms with Crippen molar-refractivity contribution in [1.29, 1.82) is 0 Å². The lowest BCUT2D eigenvalue weighted by Crippen LogP contribution is -2.50. The zero-order chi connectivity index (χ0) is 14.6. The van der Waals surface area contributed by atoms with E-state index in [9.17, 15) is 9.59 Å². The maximum atomic E-state index is 12.5. The molecule has 1 aliphatic rings. The molecule has 0 aromatic carbocycles. The van der Waals surface area contributed by atoms with Gasteiger partial charge in [-0.25, -0.2) is 0 Å². The van der Waals surface area contributed by atoms with Crippen molar-refractivity contribution in [2.75, 3.05) is 26.7 Å². The van der Waals surface area contributed by atoms with Gasteiger partial charge < -0.3 is 15.5 Å². The minimum absolute atomic E-state index is 0.00185. The number of nitrogens with two attached hydrogens (primary N) is 1. The summed E-state index contributed by atoms with van der Waals surface area (Å²) in [5.74, 6) is -0.00553. The molecule has 0 aromatic rings. The number of nitrogens with zero attached hydrogens (tertiary/aromatic N) is 2. The first kappa shape index (κ1) is 16.0. The van der Waals surface area contributed by atoms with Crippen LogP contribution in [0.4, 0.5) is 0 Å². The summed E-state index contributed by atoms with van der Waals surface area (Å²) < 4.78 is 0. The van der Waals surface area contributed by atoms with Gasteiger partial charge in [-0.15, -0.1) is 0 Å². The number of carbonyl (C=O) groups is 2. The lowest BCUT2D eigenvalue weighted by Gasteiger charge is -2.33. The van der Waals surface area contributed by atoms with Gasteiger partial charge in [0.15, 0.2) is 0 Å². The maximum absolute atomic E-state index is 12.5. The number of amides is 2. The number of likely N-dealkylation sites (N-methyl/N-ethyl adjacent to an activating group) is 2. The minimum atomic E-state index is -0.502. The van der Waals surface area contributed by atoms with Crippen LogP contribution in [0.1, 0.15) is 40.0 Å². The topological polar surface area (TPSA) is 66.6 Å². The highest BCUT2D eigenvalue weighted by molar-refractivity contribution is 5.88. The smallest absolute Gasteiger partial charge is 0.242 e. The van der Waals surface area contributed by atoms with Gasteiger partial charge in [-0.3, -0.25) is 9.59 Å². The second-order valence-electron chi connectivity index (χ2n) is 5.64. The third-order valence-electron chi connectivity index (χ3n) is 4.35. The summed E-state index contributed by atoms with van der Waals surface area (Å²) in [5.41, 5.74) is 5.55. The molecule has 110 valence electrons. The molecule has 0 radical (unpaired) electrons. The van der Waals surface area contributed by atoms with Crippen molar-refractivity contribution in [2.45, 2.75) is 46.1 Å². The Morgan fingerprint density at radius 3 is 2.32 bits per heavy atom. The van der Waals surface area contributed by atoms with Gasteiger partial charge in [0.25, 0.3) is 0 Å². The number of rotatable bonds is 5. The zero-order valence-corrected chi connectivity index (χ0v) is 12.6. The third-order valence-corrected chi connectivity index (χ3v) is 4.35. The lowest BCUT2D eigenvalue weighted by atomic mass is 9.83. The van der Waals surface area contributed by atoms with Crippen molar-refractivity contribution in [3.8, 4) is 0 Å². The minimum Gasteiger partial charge on any atom is -0.342 e. The van der Waals surface area contributed by atoms with E-state index in [4.69, 9.17) is 5.73 Å². The van der Waals surface area contributed by atoms with Gasteiger partial charge >= 0.3 is 0 Å². The van der Waals surface area contributed by atoms with Crippen molar-refractivity contribution < 1.29 is 9.59 Å². The maximum Gasteiger partial charge on any atom is 0.242 e. The van der Waals surface area contributed by atoms with Gasteiger partial charge in [0.1, 0.15) is 0 Å². The molecular weight excluding hydrogens is 242 g/mol. The molecule has 1 aliphatic carbocycles. The summed E-state index contributed by atoms with van der Waals surface area (Å²) in [6.45, 7) is 7.30. The standard InChI is InChI=1S/C14H27N3O2/c1-5-17(6-2)12(18)10-16(4)13(19)14(3)9-7-8-11(14)15/h11H,5-10,15H2,1-4H3. The van der Waals surface area contributed by atoms with Crippen LogP contribution in [0.5, 0.6) is 0 Å². The van der Waals surface area contributed by atoms with Crippen molar-refractivity contribution in [2.24, 2.45) is 11.1 Å². The summed E-state index contributed by atoms with van der Waals surface area (Å²) >= 11 is 0. The van der Waals surface area contributed by atoms with Gasteiger partial charge in [0, 0.05) is 26.2 Å². The zero-order valence-electron chi connectivity index (χ0n) is 12.6. The van der Waals surface area contributed by atoms with E-state index in [1.165, 1.54) is 4.90 Å². The van der Waals surface area contributed by atoms with Crippen LogP contribution in [0.25, 0.3) is 0 Å². The van der Waals surface area contributed by atoms with Crippen LogP contribution in [0.15, 0.2) is 0 Å². The van der Waals surface area contributed by atoms with Crippen LogP contribution in [0.3, 0.4) is 0 Å². The Balaban J connectivity index is 2.65. The van der Waals surface area contributed by atoms with E-state index < -0.39 is 5.41 Å². The molecule has 1 rings (SSSR count). The lowest BCUT2D eigenvalue weighted by molar-refractivity contribution is -0.145. The highest BCUT2D eigenvalue weighted by Gasteiger charge is 2.44.